The highest BCUT2D eigenvalue weighted by molar-refractivity contribution is 5.59. The molecule has 2 heterocycles. The number of fused-ring (bicyclic) bond motifs is 2. The summed E-state index contributed by atoms with van der Waals surface area (Å²) in [6, 6.07) is 0. The predicted octanol–water partition coefficient (Wildman–Crippen LogP) is 14.3. The molecule has 0 saturated heterocycles. The van der Waals surface area contributed by atoms with E-state index in [1.165, 1.54) is 0 Å². The Kier molecular flexibility index (Phi) is 16.4. The van der Waals surface area contributed by atoms with Gasteiger partial charge in [-0.2, -0.15) is 13.2 Å². The second-order valence-electron chi connectivity index (χ2n) is 17.1. The molecule has 4 nitrogen and oxygen atoms in total. The maximum absolute atomic E-state index is 12.8. The summed E-state index contributed by atoms with van der Waals surface area (Å²) in [5, 5.41) is 20.5. The molecular formula is C45H69F5O4. The van der Waals surface area contributed by atoms with E-state index in [0.717, 1.165) is 159 Å². The minimum atomic E-state index is -4.02. The van der Waals surface area contributed by atoms with Crippen molar-refractivity contribution in [1.29, 1.82) is 0 Å². The summed E-state index contributed by atoms with van der Waals surface area (Å²) in [5.74, 6) is 0.165. The van der Waals surface area contributed by atoms with Crippen molar-refractivity contribution in [2.75, 3.05) is 0 Å². The van der Waals surface area contributed by atoms with Crippen molar-refractivity contribution in [1.82, 2.24) is 0 Å². The highest BCUT2D eigenvalue weighted by atomic mass is 19.4. The van der Waals surface area contributed by atoms with Crippen LogP contribution in [0.3, 0.4) is 0 Å². The van der Waals surface area contributed by atoms with Crippen LogP contribution in [0, 0.1) is 41.5 Å². The van der Waals surface area contributed by atoms with E-state index in [9.17, 15) is 32.2 Å². The molecule has 2 aromatic rings. The fraction of sp³-hybridized carbons (Fsp3) is 0.733. The van der Waals surface area contributed by atoms with Gasteiger partial charge in [-0.1, -0.05) is 51.4 Å². The van der Waals surface area contributed by atoms with Crippen molar-refractivity contribution in [3.05, 3.63) is 44.5 Å². The molecule has 0 aliphatic carbocycles. The Labute approximate surface area is 322 Å². The van der Waals surface area contributed by atoms with E-state index in [1.807, 2.05) is 41.5 Å². The van der Waals surface area contributed by atoms with Gasteiger partial charge in [0.1, 0.15) is 34.2 Å². The summed E-state index contributed by atoms with van der Waals surface area (Å²) in [6.45, 7) is 17.2. The molecule has 0 spiro atoms. The predicted molar refractivity (Wildman–Crippen MR) is 210 cm³/mol. The van der Waals surface area contributed by atoms with E-state index >= 15 is 0 Å². The second-order valence-corrected chi connectivity index (χ2v) is 17.1. The van der Waals surface area contributed by atoms with E-state index < -0.39 is 18.5 Å². The summed E-state index contributed by atoms with van der Waals surface area (Å²) in [5.41, 5.74) is 7.65. The number of aromatic hydroxyl groups is 2. The smallest absolute Gasteiger partial charge is 0.389 e. The van der Waals surface area contributed by atoms with Crippen LogP contribution in [0.15, 0.2) is 0 Å². The van der Waals surface area contributed by atoms with Gasteiger partial charge in [0.25, 0.3) is 0 Å². The molecule has 4 rings (SSSR count). The maximum atomic E-state index is 12.8. The molecule has 0 radical (unpaired) electrons. The maximum Gasteiger partial charge on any atom is 0.389 e. The van der Waals surface area contributed by atoms with Crippen LogP contribution >= 0.6 is 0 Å². The lowest BCUT2D eigenvalue weighted by atomic mass is 9.84. The quantitative estimate of drug-likeness (QED) is 0.124. The van der Waals surface area contributed by atoms with E-state index in [-0.39, 0.29) is 24.0 Å². The third-order valence-electron chi connectivity index (χ3n) is 12.2. The molecular weight excluding hydrogens is 699 g/mol. The van der Waals surface area contributed by atoms with Gasteiger partial charge in [-0.3, -0.25) is 0 Å². The average molecular weight is 769 g/mol. The van der Waals surface area contributed by atoms with Crippen molar-refractivity contribution in [3.63, 3.8) is 0 Å². The Morgan fingerprint density at radius 1 is 0.500 bits per heavy atom. The monoisotopic (exact) mass is 769 g/mol. The number of hydrogen-bond donors (Lipinski definition) is 2. The normalized spacial score (nSPS) is 19.7. The van der Waals surface area contributed by atoms with Crippen LogP contribution in [0.1, 0.15) is 181 Å². The number of phenolic OH excluding ortho intramolecular Hbond substituents is 2. The van der Waals surface area contributed by atoms with E-state index in [4.69, 9.17) is 9.47 Å². The van der Waals surface area contributed by atoms with Gasteiger partial charge in [-0.25, -0.2) is 8.78 Å². The lowest BCUT2D eigenvalue weighted by Gasteiger charge is -2.38. The van der Waals surface area contributed by atoms with Crippen LogP contribution in [-0.4, -0.2) is 33.5 Å². The molecule has 2 aliphatic rings. The van der Waals surface area contributed by atoms with Crippen LogP contribution < -0.4 is 9.47 Å². The van der Waals surface area contributed by atoms with Gasteiger partial charge in [0.05, 0.1) is 0 Å². The van der Waals surface area contributed by atoms with Crippen molar-refractivity contribution >= 4 is 0 Å². The number of alkyl halides is 5. The first-order valence-electron chi connectivity index (χ1n) is 20.5. The van der Waals surface area contributed by atoms with Gasteiger partial charge in [0.15, 0.2) is 0 Å². The molecule has 308 valence electrons. The standard InChI is InChI=1S/C23H36F2O2.C22H33F3O2/c1-16-17(2)21-19(18(3)20(16)26)12-15-22(4,27-21)13-10-8-6-7-9-11-14-23(5,24)25;1-15-16(2)20-18(17(3)19(15)26)11-14-21(4,27-20)12-9-7-5-6-8-10-13-22(23,24)25/h26H,6-15H2,1-5H3;26H,5-14H2,1-4H3/t22-;21-/m01/s1. The van der Waals surface area contributed by atoms with Crippen molar-refractivity contribution in [3.8, 4) is 23.0 Å². The number of rotatable bonds is 17. The lowest BCUT2D eigenvalue weighted by molar-refractivity contribution is -0.135. The van der Waals surface area contributed by atoms with Crippen LogP contribution in [0.5, 0.6) is 23.0 Å². The second kappa shape index (κ2) is 19.4. The fourth-order valence-corrected chi connectivity index (χ4v) is 8.11. The van der Waals surface area contributed by atoms with E-state index in [0.29, 0.717) is 24.3 Å². The van der Waals surface area contributed by atoms with Crippen LogP contribution in [0.25, 0.3) is 0 Å². The molecule has 2 N–H and O–H groups in total. The van der Waals surface area contributed by atoms with Gasteiger partial charge in [-0.05, 0) is 160 Å². The molecule has 2 aliphatic heterocycles. The Balaban J connectivity index is 0.000000290. The summed E-state index contributed by atoms with van der Waals surface area (Å²) in [4.78, 5) is 0. The summed E-state index contributed by atoms with van der Waals surface area (Å²) >= 11 is 0. The average Bonchev–Trinajstić information content (AvgIpc) is 3.09. The van der Waals surface area contributed by atoms with Crippen molar-refractivity contribution < 1.29 is 41.6 Å². The van der Waals surface area contributed by atoms with Crippen LogP contribution in [0.2, 0.25) is 0 Å². The van der Waals surface area contributed by atoms with Crippen molar-refractivity contribution in [2.24, 2.45) is 0 Å². The molecule has 0 unspecified atom stereocenters. The van der Waals surface area contributed by atoms with Crippen molar-refractivity contribution in [2.45, 2.75) is 214 Å². The number of halogens is 5. The number of benzene rings is 2. The van der Waals surface area contributed by atoms with Gasteiger partial charge >= 0.3 is 6.18 Å². The Morgan fingerprint density at radius 3 is 1.19 bits per heavy atom. The SMILES string of the molecule is Cc1c(C)c2c(c(C)c1O)CC[C@@](C)(CCCCCCCCC(F)(F)F)O2.Cc1c(C)c2c(c(C)c1O)CC[C@](C)(CCCCCCCCC(C)(F)F)O2. The highest BCUT2D eigenvalue weighted by Gasteiger charge is 2.35. The molecule has 54 heavy (non-hydrogen) atoms. The highest BCUT2D eigenvalue weighted by Crippen LogP contribution is 2.46. The first kappa shape index (κ1) is 45.7. The Bertz CT molecular complexity index is 1410. The molecule has 0 saturated carbocycles. The first-order chi connectivity index (χ1) is 25.1. The van der Waals surface area contributed by atoms with Gasteiger partial charge in [-0.15, -0.1) is 0 Å². The Morgan fingerprint density at radius 2 is 0.833 bits per heavy atom. The molecule has 9 heteroatoms. The zero-order valence-electron chi connectivity index (χ0n) is 34.7. The Hall–Kier alpha value is -2.71. The molecule has 0 bridgehead atoms. The number of ether oxygens (including phenoxy) is 2. The van der Waals surface area contributed by atoms with Gasteiger partial charge in [0, 0.05) is 24.0 Å². The zero-order valence-corrected chi connectivity index (χ0v) is 34.7. The summed E-state index contributed by atoms with van der Waals surface area (Å²) < 4.78 is 74.8. The van der Waals surface area contributed by atoms with E-state index in [1.54, 1.807) is 0 Å². The number of hydrogen-bond acceptors (Lipinski definition) is 4. The van der Waals surface area contributed by atoms with E-state index in [2.05, 4.69) is 13.8 Å². The van der Waals surface area contributed by atoms with Gasteiger partial charge in [0.2, 0.25) is 5.92 Å². The van der Waals surface area contributed by atoms with Crippen LogP contribution in [0.4, 0.5) is 22.0 Å². The number of phenols is 2. The molecule has 0 aromatic heterocycles. The largest absolute Gasteiger partial charge is 0.507 e. The molecule has 0 amide bonds. The van der Waals surface area contributed by atoms with Gasteiger partial charge < -0.3 is 19.7 Å². The molecule has 2 aromatic carbocycles. The summed E-state index contributed by atoms with van der Waals surface area (Å²) in [7, 11) is 0. The number of unbranched alkanes of at least 4 members (excludes halogenated alkanes) is 10. The lowest BCUT2D eigenvalue weighted by Crippen LogP contribution is -2.37. The zero-order chi connectivity index (χ0) is 40.5. The van der Waals surface area contributed by atoms with Crippen LogP contribution in [-0.2, 0) is 12.8 Å². The molecule has 2 atom stereocenters. The fourth-order valence-electron chi connectivity index (χ4n) is 8.11. The summed E-state index contributed by atoms with van der Waals surface area (Å²) in [6.07, 6.45) is 11.7. The third kappa shape index (κ3) is 13.2. The first-order valence-corrected chi connectivity index (χ1v) is 20.5. The molecule has 0 fully saturated rings. The minimum Gasteiger partial charge on any atom is -0.507 e. The third-order valence-corrected chi connectivity index (χ3v) is 12.2. The minimum absolute atomic E-state index is 0.00601. The topological polar surface area (TPSA) is 58.9 Å².